The van der Waals surface area contributed by atoms with Crippen molar-refractivity contribution >= 4 is 40.3 Å². The Hall–Kier alpha value is -3.02. The Morgan fingerprint density at radius 3 is 2.55 bits per heavy atom. The molecule has 0 atom stereocenters. The first-order chi connectivity index (χ1) is 13.9. The van der Waals surface area contributed by atoms with Gasteiger partial charge in [0.1, 0.15) is 17.2 Å². The van der Waals surface area contributed by atoms with Crippen molar-refractivity contribution in [3.05, 3.63) is 51.7 Å². The van der Waals surface area contributed by atoms with Crippen LogP contribution in [0.5, 0.6) is 17.2 Å². The predicted molar refractivity (Wildman–Crippen MR) is 116 cm³/mol. The molecule has 0 spiro atoms. The van der Waals surface area contributed by atoms with E-state index in [1.165, 1.54) is 24.8 Å². The van der Waals surface area contributed by atoms with Crippen LogP contribution in [0.15, 0.2) is 36.9 Å². The lowest BCUT2D eigenvalue weighted by Crippen LogP contribution is -2.16. The second-order valence-electron chi connectivity index (χ2n) is 6.27. The quantitative estimate of drug-likeness (QED) is 0.486. The van der Waals surface area contributed by atoms with E-state index in [4.69, 9.17) is 15.2 Å². The molecule has 9 nitrogen and oxygen atoms in total. The smallest absolute Gasteiger partial charge is 0.278 e. The van der Waals surface area contributed by atoms with Crippen LogP contribution < -0.4 is 20.5 Å². The molecule has 0 saturated heterocycles. The number of carbonyl (C=O) groups is 1. The second-order valence-corrected chi connectivity index (χ2v) is 7.43. The zero-order valence-electron chi connectivity index (χ0n) is 16.0. The molecule has 0 fully saturated rings. The zero-order valence-corrected chi connectivity index (χ0v) is 18.2. The third-order valence-corrected chi connectivity index (χ3v) is 4.77. The van der Waals surface area contributed by atoms with E-state index in [0.29, 0.717) is 5.75 Å². The van der Waals surface area contributed by atoms with Gasteiger partial charge in [0.15, 0.2) is 11.6 Å². The van der Waals surface area contributed by atoms with Crippen LogP contribution >= 0.6 is 22.6 Å². The van der Waals surface area contributed by atoms with Crippen molar-refractivity contribution in [2.24, 2.45) is 0 Å². The van der Waals surface area contributed by atoms with Crippen molar-refractivity contribution in [1.29, 1.82) is 0 Å². The molecule has 1 aromatic carbocycles. The summed E-state index contributed by atoms with van der Waals surface area (Å²) < 4.78 is 12.3. The van der Waals surface area contributed by atoms with Gasteiger partial charge in [0.05, 0.1) is 23.1 Å². The summed E-state index contributed by atoms with van der Waals surface area (Å²) >= 11 is 2.18. The minimum atomic E-state index is -0.488. The minimum absolute atomic E-state index is 0.0406. The highest BCUT2D eigenvalue weighted by Gasteiger charge is 2.16. The van der Waals surface area contributed by atoms with Crippen molar-refractivity contribution < 1.29 is 14.3 Å². The molecule has 10 heteroatoms. The lowest BCUT2D eigenvalue weighted by atomic mass is 10.0. The van der Waals surface area contributed by atoms with E-state index in [1.54, 1.807) is 7.11 Å². The Morgan fingerprint density at radius 1 is 1.14 bits per heavy atom. The van der Waals surface area contributed by atoms with Gasteiger partial charge in [-0.05, 0) is 40.6 Å². The van der Waals surface area contributed by atoms with Crippen molar-refractivity contribution in [1.82, 2.24) is 19.9 Å². The van der Waals surface area contributed by atoms with Gasteiger partial charge in [-0.1, -0.05) is 13.8 Å². The zero-order chi connectivity index (χ0) is 21.0. The number of carbonyl (C=O) groups excluding carboxylic acids is 1. The first-order valence-electron chi connectivity index (χ1n) is 8.64. The molecule has 3 N–H and O–H groups in total. The molecule has 0 radical (unpaired) electrons. The van der Waals surface area contributed by atoms with E-state index in [0.717, 1.165) is 14.9 Å². The normalized spacial score (nSPS) is 10.7. The van der Waals surface area contributed by atoms with Crippen LogP contribution in [0, 0.1) is 3.57 Å². The lowest BCUT2D eigenvalue weighted by molar-refractivity contribution is 0.102. The van der Waals surface area contributed by atoms with E-state index < -0.39 is 5.91 Å². The average molecular weight is 506 g/mol. The van der Waals surface area contributed by atoms with Crippen LogP contribution in [0.3, 0.4) is 0 Å². The van der Waals surface area contributed by atoms with Crippen LogP contribution in [-0.2, 0) is 0 Å². The highest BCUT2D eigenvalue weighted by molar-refractivity contribution is 14.1. The molecule has 2 aromatic heterocycles. The van der Waals surface area contributed by atoms with E-state index in [-0.39, 0.29) is 29.1 Å². The van der Waals surface area contributed by atoms with Gasteiger partial charge in [-0.3, -0.25) is 15.1 Å². The van der Waals surface area contributed by atoms with Crippen molar-refractivity contribution in [3.8, 4) is 17.2 Å². The maximum atomic E-state index is 12.1. The second kappa shape index (κ2) is 8.99. The summed E-state index contributed by atoms with van der Waals surface area (Å²) in [6.07, 6.45) is 5.65. The fourth-order valence-corrected chi connectivity index (χ4v) is 3.13. The summed E-state index contributed by atoms with van der Waals surface area (Å²) in [5.74, 6) is 1.53. The number of nitrogens with zero attached hydrogens (tertiary/aromatic N) is 4. The summed E-state index contributed by atoms with van der Waals surface area (Å²) in [6, 6.07) is 3.81. The molecule has 3 rings (SSSR count). The predicted octanol–water partition coefficient (Wildman–Crippen LogP) is 3.63. The van der Waals surface area contributed by atoms with Gasteiger partial charge < -0.3 is 15.2 Å². The molecule has 0 unspecified atom stereocenters. The fourth-order valence-electron chi connectivity index (χ4n) is 2.47. The summed E-state index contributed by atoms with van der Waals surface area (Å²) in [5.41, 5.74) is 7.12. The highest BCUT2D eigenvalue weighted by atomic mass is 127. The number of hydrogen-bond acceptors (Lipinski definition) is 8. The van der Waals surface area contributed by atoms with Gasteiger partial charge >= 0.3 is 0 Å². The number of amides is 1. The van der Waals surface area contributed by atoms with E-state index >= 15 is 0 Å². The molecule has 0 aliphatic carbocycles. The van der Waals surface area contributed by atoms with Gasteiger partial charge in [-0.2, -0.15) is 4.98 Å². The number of rotatable bonds is 6. The van der Waals surface area contributed by atoms with Crippen molar-refractivity contribution in [2.75, 3.05) is 18.2 Å². The van der Waals surface area contributed by atoms with Crippen LogP contribution in [0.4, 0.5) is 11.8 Å². The SMILES string of the molecule is COc1cc(C(C)C)c(Oc2cnc(NC(=O)c3cnccn3)nc2N)cc1I. The number of methoxy groups -OCH3 is 1. The maximum absolute atomic E-state index is 12.1. The number of nitrogens with one attached hydrogen (secondary N) is 1. The average Bonchev–Trinajstić information content (AvgIpc) is 2.70. The van der Waals surface area contributed by atoms with Gasteiger partial charge in [0.2, 0.25) is 5.95 Å². The molecular formula is C19H19IN6O3. The molecule has 2 heterocycles. The van der Waals surface area contributed by atoms with E-state index in [2.05, 4.69) is 61.7 Å². The monoisotopic (exact) mass is 506 g/mol. The lowest BCUT2D eigenvalue weighted by Gasteiger charge is -2.17. The summed E-state index contributed by atoms with van der Waals surface area (Å²) in [7, 11) is 1.63. The molecule has 29 heavy (non-hydrogen) atoms. The van der Waals surface area contributed by atoms with Gasteiger partial charge in [0.25, 0.3) is 5.91 Å². The van der Waals surface area contributed by atoms with E-state index in [9.17, 15) is 4.79 Å². The number of nitrogens with two attached hydrogens (primary N) is 1. The van der Waals surface area contributed by atoms with Gasteiger partial charge in [-0.25, -0.2) is 9.97 Å². The van der Waals surface area contributed by atoms with Crippen molar-refractivity contribution in [2.45, 2.75) is 19.8 Å². The number of benzene rings is 1. The molecule has 0 saturated carbocycles. The van der Waals surface area contributed by atoms with Crippen LogP contribution in [-0.4, -0.2) is 33.0 Å². The minimum Gasteiger partial charge on any atom is -0.496 e. The molecular weight excluding hydrogens is 487 g/mol. The molecule has 0 aliphatic rings. The molecule has 1 amide bonds. The highest BCUT2D eigenvalue weighted by Crippen LogP contribution is 2.37. The van der Waals surface area contributed by atoms with Crippen LogP contribution in [0.2, 0.25) is 0 Å². The largest absolute Gasteiger partial charge is 0.496 e. The summed E-state index contributed by atoms with van der Waals surface area (Å²) in [6.45, 7) is 4.11. The first kappa shape index (κ1) is 20.7. The topological polar surface area (TPSA) is 125 Å². The summed E-state index contributed by atoms with van der Waals surface area (Å²) in [5, 5.41) is 2.53. The molecule has 0 bridgehead atoms. The Labute approximate surface area is 181 Å². The molecule has 0 aliphatic heterocycles. The fraction of sp³-hybridized carbons (Fsp3) is 0.211. The number of anilines is 2. The number of ether oxygens (including phenoxy) is 2. The third kappa shape index (κ3) is 4.88. The van der Waals surface area contributed by atoms with E-state index in [1.807, 2.05) is 12.1 Å². The standard InChI is InChI=1S/C19H19IN6O3/c1-10(2)11-6-15(28-3)12(20)7-14(11)29-16-9-24-19(25-17(16)21)26-18(27)13-8-22-4-5-23-13/h4-10H,1-3H3,(H3,21,24,25,26,27). The Kier molecular flexibility index (Phi) is 6.42. The first-order valence-corrected chi connectivity index (χ1v) is 9.72. The van der Waals surface area contributed by atoms with Gasteiger partial charge in [0, 0.05) is 18.0 Å². The number of aromatic nitrogens is 4. The third-order valence-electron chi connectivity index (χ3n) is 3.93. The van der Waals surface area contributed by atoms with Crippen molar-refractivity contribution in [3.63, 3.8) is 0 Å². The van der Waals surface area contributed by atoms with Gasteiger partial charge in [-0.15, -0.1) is 0 Å². The number of halogens is 1. The number of nitrogen functional groups attached to an aromatic ring is 1. The Morgan fingerprint density at radius 2 is 1.93 bits per heavy atom. The summed E-state index contributed by atoms with van der Waals surface area (Å²) in [4.78, 5) is 28.1. The number of hydrogen-bond donors (Lipinski definition) is 2. The van der Waals surface area contributed by atoms with Crippen LogP contribution in [0.1, 0.15) is 35.8 Å². The Balaban J connectivity index is 1.83. The molecule has 150 valence electrons. The molecule has 3 aromatic rings. The maximum Gasteiger partial charge on any atom is 0.278 e. The van der Waals surface area contributed by atoms with Crippen LogP contribution in [0.25, 0.3) is 0 Å². The Bertz CT molecular complexity index is 1030.